The summed E-state index contributed by atoms with van der Waals surface area (Å²) in [7, 11) is 0. The molecule has 0 aliphatic rings. The zero-order chi connectivity index (χ0) is 17.8. The Bertz CT molecular complexity index is 1160. The molecule has 0 spiro atoms. The Morgan fingerprint density at radius 3 is 2.48 bits per heavy atom. The highest BCUT2D eigenvalue weighted by Gasteiger charge is 2.36. The second-order valence-corrected chi connectivity index (χ2v) is 5.61. The van der Waals surface area contributed by atoms with Crippen LogP contribution in [-0.4, -0.2) is 24.1 Å². The van der Waals surface area contributed by atoms with Gasteiger partial charge in [0.05, 0.1) is 10.9 Å². The molecule has 1 aromatic carbocycles. The molecule has 0 aliphatic carbocycles. The highest BCUT2D eigenvalue weighted by atomic mass is 35.5. The zero-order valence-corrected chi connectivity index (χ0v) is 13.0. The van der Waals surface area contributed by atoms with Crippen molar-refractivity contribution in [1.82, 2.24) is 24.1 Å². The van der Waals surface area contributed by atoms with Gasteiger partial charge in [-0.2, -0.15) is 22.7 Å². The Morgan fingerprint density at radius 1 is 1.08 bits per heavy atom. The molecule has 0 bridgehead atoms. The van der Waals surface area contributed by atoms with Crippen LogP contribution in [0.4, 0.5) is 13.2 Å². The van der Waals surface area contributed by atoms with Crippen LogP contribution >= 0.6 is 11.6 Å². The van der Waals surface area contributed by atoms with Gasteiger partial charge in [-0.15, -0.1) is 5.10 Å². The Morgan fingerprint density at radius 2 is 1.80 bits per heavy atom. The summed E-state index contributed by atoms with van der Waals surface area (Å²) >= 11 is 5.83. The number of benzene rings is 1. The van der Waals surface area contributed by atoms with Crippen LogP contribution in [0.5, 0.6) is 0 Å². The fraction of sp³-hybridized carbons (Fsp3) is 0.0667. The van der Waals surface area contributed by atoms with Gasteiger partial charge in [-0.1, -0.05) is 11.6 Å². The number of halogens is 4. The molecular weight excluding hydrogens is 359 g/mol. The third-order valence-corrected chi connectivity index (χ3v) is 3.84. The first kappa shape index (κ1) is 15.6. The maximum Gasteiger partial charge on any atom is 0.453 e. The molecule has 0 saturated carbocycles. The molecule has 3 aromatic heterocycles. The van der Waals surface area contributed by atoms with Crippen LogP contribution in [-0.2, 0) is 6.18 Å². The summed E-state index contributed by atoms with van der Waals surface area (Å²) in [6, 6.07) is 8.04. The van der Waals surface area contributed by atoms with E-state index in [1.54, 1.807) is 24.3 Å². The van der Waals surface area contributed by atoms with E-state index in [1.807, 2.05) is 0 Å². The van der Waals surface area contributed by atoms with Crippen LogP contribution in [0, 0.1) is 0 Å². The number of nitrogens with zero attached hydrogens (tertiary/aromatic N) is 5. The van der Waals surface area contributed by atoms with E-state index in [9.17, 15) is 18.0 Å². The Hall–Kier alpha value is -2.94. The molecule has 0 radical (unpaired) electrons. The van der Waals surface area contributed by atoms with Gasteiger partial charge < -0.3 is 0 Å². The van der Waals surface area contributed by atoms with Gasteiger partial charge in [0.15, 0.2) is 0 Å². The minimum Gasteiger partial charge on any atom is -0.284 e. The van der Waals surface area contributed by atoms with Gasteiger partial charge in [0, 0.05) is 23.1 Å². The molecule has 0 saturated heterocycles. The van der Waals surface area contributed by atoms with Crippen molar-refractivity contribution in [3.63, 3.8) is 0 Å². The quantitative estimate of drug-likeness (QED) is 0.520. The van der Waals surface area contributed by atoms with Gasteiger partial charge in [-0.05, 0) is 30.3 Å². The zero-order valence-electron chi connectivity index (χ0n) is 12.2. The molecule has 0 amide bonds. The fourth-order valence-corrected chi connectivity index (χ4v) is 2.57. The highest BCUT2D eigenvalue weighted by Crippen LogP contribution is 2.26. The molecular formula is C15H7ClF3N5O. The van der Waals surface area contributed by atoms with Crippen molar-refractivity contribution >= 4 is 28.3 Å². The number of fused-ring (bicyclic) bond motifs is 3. The summed E-state index contributed by atoms with van der Waals surface area (Å²) in [4.78, 5) is 19.8. The number of alkyl halides is 3. The summed E-state index contributed by atoms with van der Waals surface area (Å²) in [5.41, 5.74) is 0.299. The first-order valence-corrected chi connectivity index (χ1v) is 7.33. The summed E-state index contributed by atoms with van der Waals surface area (Å²) in [6.45, 7) is 0. The number of rotatable bonds is 1. The van der Waals surface area contributed by atoms with Crippen molar-refractivity contribution in [1.29, 1.82) is 0 Å². The number of hydrogen-bond donors (Lipinski definition) is 0. The van der Waals surface area contributed by atoms with Crippen molar-refractivity contribution in [3.05, 3.63) is 63.9 Å². The molecule has 0 unspecified atom stereocenters. The van der Waals surface area contributed by atoms with Gasteiger partial charge in [0.2, 0.25) is 0 Å². The van der Waals surface area contributed by atoms with Crippen LogP contribution in [0.15, 0.2) is 47.5 Å². The molecule has 0 atom stereocenters. The van der Waals surface area contributed by atoms with Crippen LogP contribution < -0.4 is 5.56 Å². The molecule has 3 heterocycles. The average Bonchev–Trinajstić information content (AvgIpc) is 3.01. The van der Waals surface area contributed by atoms with E-state index >= 15 is 0 Å². The molecule has 0 aliphatic heterocycles. The van der Waals surface area contributed by atoms with Gasteiger partial charge in [0.1, 0.15) is 0 Å². The second kappa shape index (κ2) is 5.28. The van der Waals surface area contributed by atoms with Crippen LogP contribution in [0.2, 0.25) is 5.02 Å². The standard InChI is InChI=1S/C15H7ClF3N5O/c16-8-1-3-9(4-2-8)23-6-5-11-10(12(23)25)7-20-14-21-13(15(17,18)19)22-24(11)14/h1-7H. The van der Waals surface area contributed by atoms with Crippen molar-refractivity contribution in [2.75, 3.05) is 0 Å². The predicted molar refractivity (Wildman–Crippen MR) is 83.9 cm³/mol. The topological polar surface area (TPSA) is 65.1 Å². The minimum atomic E-state index is -4.70. The van der Waals surface area contributed by atoms with E-state index in [2.05, 4.69) is 15.1 Å². The molecule has 10 heteroatoms. The lowest BCUT2D eigenvalue weighted by Gasteiger charge is -2.07. The maximum atomic E-state index is 12.8. The van der Waals surface area contributed by atoms with Gasteiger partial charge in [-0.3, -0.25) is 9.36 Å². The van der Waals surface area contributed by atoms with Gasteiger partial charge in [0.25, 0.3) is 17.2 Å². The van der Waals surface area contributed by atoms with Crippen molar-refractivity contribution in [2.24, 2.45) is 0 Å². The van der Waals surface area contributed by atoms with E-state index in [1.165, 1.54) is 23.0 Å². The monoisotopic (exact) mass is 365 g/mol. The van der Waals surface area contributed by atoms with Crippen molar-refractivity contribution in [3.8, 4) is 5.69 Å². The molecule has 25 heavy (non-hydrogen) atoms. The van der Waals surface area contributed by atoms with Gasteiger partial charge >= 0.3 is 6.18 Å². The maximum absolute atomic E-state index is 12.8. The summed E-state index contributed by atoms with van der Waals surface area (Å²) in [6.07, 6.45) is -2.06. The lowest BCUT2D eigenvalue weighted by molar-refractivity contribution is -0.144. The molecule has 4 aromatic rings. The van der Waals surface area contributed by atoms with Crippen molar-refractivity contribution in [2.45, 2.75) is 6.18 Å². The first-order valence-electron chi connectivity index (χ1n) is 6.95. The molecule has 0 N–H and O–H groups in total. The normalized spacial score (nSPS) is 12.2. The molecule has 0 fully saturated rings. The number of pyridine rings is 1. The first-order chi connectivity index (χ1) is 11.8. The lowest BCUT2D eigenvalue weighted by atomic mass is 10.2. The lowest BCUT2D eigenvalue weighted by Crippen LogP contribution is -2.18. The van der Waals surface area contributed by atoms with Crippen LogP contribution in [0.3, 0.4) is 0 Å². The number of hydrogen-bond acceptors (Lipinski definition) is 4. The SMILES string of the molecule is O=c1c2cnc3nc(C(F)(F)F)nn3c2ccn1-c1ccc(Cl)cc1. The Balaban J connectivity index is 1.97. The molecule has 126 valence electrons. The largest absolute Gasteiger partial charge is 0.453 e. The predicted octanol–water partition coefficient (Wildman–Crippen LogP) is 3.10. The van der Waals surface area contributed by atoms with E-state index in [0.29, 0.717) is 10.7 Å². The van der Waals surface area contributed by atoms with E-state index in [0.717, 1.165) is 4.52 Å². The Labute approximate surface area is 142 Å². The summed E-state index contributed by atoms with van der Waals surface area (Å²) in [5, 5.41) is 4.05. The van der Waals surface area contributed by atoms with Crippen LogP contribution in [0.1, 0.15) is 5.82 Å². The smallest absolute Gasteiger partial charge is 0.284 e. The Kier molecular flexibility index (Phi) is 3.29. The third kappa shape index (κ3) is 2.52. The molecule has 6 nitrogen and oxygen atoms in total. The average molecular weight is 366 g/mol. The third-order valence-electron chi connectivity index (χ3n) is 3.59. The molecule has 4 rings (SSSR count). The minimum absolute atomic E-state index is 0.114. The fourth-order valence-electron chi connectivity index (χ4n) is 2.44. The second-order valence-electron chi connectivity index (χ2n) is 5.17. The van der Waals surface area contributed by atoms with Gasteiger partial charge in [-0.25, -0.2) is 4.98 Å². The number of aromatic nitrogens is 5. The van der Waals surface area contributed by atoms with Crippen LogP contribution in [0.25, 0.3) is 22.4 Å². The summed E-state index contributed by atoms with van der Waals surface area (Å²) in [5.74, 6) is -1.54. The van der Waals surface area contributed by atoms with Crippen molar-refractivity contribution < 1.29 is 13.2 Å². The highest BCUT2D eigenvalue weighted by molar-refractivity contribution is 6.30. The van der Waals surface area contributed by atoms with E-state index in [-0.39, 0.29) is 16.7 Å². The van der Waals surface area contributed by atoms with E-state index in [4.69, 9.17) is 11.6 Å². The summed E-state index contributed by atoms with van der Waals surface area (Å²) < 4.78 is 40.6. The van der Waals surface area contributed by atoms with E-state index < -0.39 is 17.6 Å².